The van der Waals surface area contributed by atoms with Crippen LogP contribution in [0, 0.1) is 10.1 Å². The minimum absolute atomic E-state index is 0.0748. The van der Waals surface area contributed by atoms with Crippen molar-refractivity contribution in [2.75, 3.05) is 26.2 Å². The fourth-order valence-corrected chi connectivity index (χ4v) is 4.19. The molecule has 2 aromatic rings. The number of H-pyrrole nitrogens is 1. The summed E-state index contributed by atoms with van der Waals surface area (Å²) >= 11 is 5.82. The van der Waals surface area contributed by atoms with Crippen LogP contribution in [0.4, 0.5) is 5.82 Å². The third-order valence-electron chi connectivity index (χ3n) is 3.92. The van der Waals surface area contributed by atoms with E-state index in [0.29, 0.717) is 0 Å². The number of nitro groups is 1. The molecule has 3 heterocycles. The summed E-state index contributed by atoms with van der Waals surface area (Å²) in [6.07, 6.45) is 2.66. The molecule has 1 aliphatic heterocycles. The molecule has 1 saturated heterocycles. The molecule has 0 bridgehead atoms. The number of hydrogen-bond donors (Lipinski definition) is 1. The summed E-state index contributed by atoms with van der Waals surface area (Å²) in [5, 5.41) is 20.0. The van der Waals surface area contributed by atoms with E-state index >= 15 is 0 Å². The molecule has 26 heavy (non-hydrogen) atoms. The van der Waals surface area contributed by atoms with Crippen LogP contribution in [0.2, 0.25) is 5.02 Å². The van der Waals surface area contributed by atoms with E-state index < -0.39 is 26.7 Å². The molecule has 1 amide bonds. The zero-order chi connectivity index (χ0) is 19.1. The molecule has 2 aromatic heterocycles. The van der Waals surface area contributed by atoms with Gasteiger partial charge in [-0.15, -0.1) is 5.10 Å². The fourth-order valence-electron chi connectivity index (χ4n) is 2.54. The van der Waals surface area contributed by atoms with Gasteiger partial charge in [0.1, 0.15) is 4.90 Å². The molecule has 3 rings (SSSR count). The Hall–Kier alpha value is -2.51. The summed E-state index contributed by atoms with van der Waals surface area (Å²) in [6.45, 7) is 0.366. The van der Waals surface area contributed by atoms with Gasteiger partial charge in [-0.05, 0) is 4.92 Å². The molecule has 0 saturated carbocycles. The number of aromatic amines is 1. The van der Waals surface area contributed by atoms with Crippen LogP contribution in [0.5, 0.6) is 0 Å². The zero-order valence-corrected chi connectivity index (χ0v) is 15.1. The van der Waals surface area contributed by atoms with Gasteiger partial charge >= 0.3 is 5.82 Å². The molecule has 0 aliphatic carbocycles. The van der Waals surface area contributed by atoms with E-state index in [1.54, 1.807) is 7.05 Å². The molecule has 1 aliphatic rings. The van der Waals surface area contributed by atoms with Crippen molar-refractivity contribution in [2.24, 2.45) is 7.05 Å². The molecular formula is C12H14ClN7O5S. The van der Waals surface area contributed by atoms with Crippen molar-refractivity contribution < 1.29 is 18.1 Å². The van der Waals surface area contributed by atoms with Crippen LogP contribution in [0.1, 0.15) is 10.5 Å². The Morgan fingerprint density at radius 1 is 1.35 bits per heavy atom. The van der Waals surface area contributed by atoms with Gasteiger partial charge in [0.15, 0.2) is 10.7 Å². The molecule has 0 atom stereocenters. The summed E-state index contributed by atoms with van der Waals surface area (Å²) in [5.74, 6) is -1.16. The summed E-state index contributed by atoms with van der Waals surface area (Å²) in [7, 11) is -2.08. The largest absolute Gasteiger partial charge is 0.362 e. The third-order valence-corrected chi connectivity index (χ3v) is 6.13. The van der Waals surface area contributed by atoms with E-state index in [0.717, 1.165) is 0 Å². The molecule has 1 fully saturated rings. The SMILES string of the molecule is Cn1cc(S(=O)(=O)N2CCN(C(=O)c3n[nH]c([N+](=O)[O-])c3Cl)CC2)cn1. The van der Waals surface area contributed by atoms with Crippen molar-refractivity contribution >= 4 is 33.3 Å². The Kier molecular flexibility index (Phi) is 4.68. The van der Waals surface area contributed by atoms with Gasteiger partial charge in [-0.25, -0.2) is 8.42 Å². The summed E-state index contributed by atoms with van der Waals surface area (Å²) in [6, 6.07) is 0. The number of halogens is 1. The third kappa shape index (κ3) is 3.15. The molecule has 14 heteroatoms. The minimum atomic E-state index is -3.70. The van der Waals surface area contributed by atoms with Gasteiger partial charge < -0.3 is 15.0 Å². The average molecular weight is 404 g/mol. The van der Waals surface area contributed by atoms with Crippen LogP contribution in [-0.2, 0) is 17.1 Å². The first-order valence-corrected chi connectivity index (χ1v) is 9.20. The maximum absolute atomic E-state index is 12.5. The topological polar surface area (TPSA) is 147 Å². The van der Waals surface area contributed by atoms with Gasteiger partial charge in [0.25, 0.3) is 5.91 Å². The number of nitrogens with zero attached hydrogens (tertiary/aromatic N) is 6. The second-order valence-corrected chi connectivity index (χ2v) is 7.85. The van der Waals surface area contributed by atoms with Crippen LogP contribution in [0.15, 0.2) is 17.3 Å². The molecule has 140 valence electrons. The van der Waals surface area contributed by atoms with Gasteiger partial charge in [-0.1, -0.05) is 16.7 Å². The van der Waals surface area contributed by atoms with Crippen LogP contribution in [0.25, 0.3) is 0 Å². The maximum atomic E-state index is 12.5. The number of carbonyl (C=O) groups excluding carboxylic acids is 1. The summed E-state index contributed by atoms with van der Waals surface area (Å²) < 4.78 is 27.7. The van der Waals surface area contributed by atoms with Crippen molar-refractivity contribution in [3.63, 3.8) is 0 Å². The molecule has 0 spiro atoms. The Labute approximate surface area is 152 Å². The number of aromatic nitrogens is 4. The van der Waals surface area contributed by atoms with Crippen molar-refractivity contribution in [1.82, 2.24) is 29.2 Å². The number of nitrogens with one attached hydrogen (secondary N) is 1. The van der Waals surface area contributed by atoms with Crippen LogP contribution in [-0.4, -0.2) is 74.6 Å². The van der Waals surface area contributed by atoms with Crippen molar-refractivity contribution in [1.29, 1.82) is 0 Å². The maximum Gasteiger partial charge on any atom is 0.362 e. The number of carbonyl (C=O) groups is 1. The van der Waals surface area contributed by atoms with Crippen LogP contribution >= 0.6 is 11.6 Å². The van der Waals surface area contributed by atoms with Crippen molar-refractivity contribution in [2.45, 2.75) is 4.90 Å². The number of rotatable bonds is 4. The minimum Gasteiger partial charge on any atom is -0.358 e. The van der Waals surface area contributed by atoms with Gasteiger partial charge in [-0.2, -0.15) is 9.40 Å². The zero-order valence-electron chi connectivity index (χ0n) is 13.5. The Morgan fingerprint density at radius 2 is 2.00 bits per heavy atom. The van der Waals surface area contributed by atoms with E-state index in [1.165, 1.54) is 26.3 Å². The van der Waals surface area contributed by atoms with Crippen LogP contribution in [0.3, 0.4) is 0 Å². The van der Waals surface area contributed by atoms with Crippen LogP contribution < -0.4 is 0 Å². The number of amides is 1. The highest BCUT2D eigenvalue weighted by Gasteiger charge is 2.34. The molecule has 0 radical (unpaired) electrons. The second kappa shape index (κ2) is 6.66. The van der Waals surface area contributed by atoms with E-state index in [2.05, 4.69) is 15.3 Å². The first-order valence-electron chi connectivity index (χ1n) is 7.38. The quantitative estimate of drug-likeness (QED) is 0.551. The highest BCUT2D eigenvalue weighted by atomic mass is 35.5. The smallest absolute Gasteiger partial charge is 0.358 e. The van der Waals surface area contributed by atoms with Gasteiger partial charge in [-0.3, -0.25) is 9.48 Å². The molecular weight excluding hydrogens is 390 g/mol. The molecule has 12 nitrogen and oxygen atoms in total. The standard InChI is InChI=1S/C12H14ClN7O5S/c1-17-7-8(6-14-17)26(24,25)19-4-2-18(3-5-19)12(21)10-9(13)11(16-15-10)20(22)23/h6-7H,2-5H2,1H3,(H,15,16). The predicted octanol–water partition coefficient (Wildman–Crippen LogP) is -0.148. The van der Waals surface area contributed by atoms with Gasteiger partial charge in [0.2, 0.25) is 10.0 Å². The lowest BCUT2D eigenvalue weighted by Crippen LogP contribution is -2.50. The Bertz CT molecular complexity index is 961. The highest BCUT2D eigenvalue weighted by Crippen LogP contribution is 2.26. The molecule has 0 unspecified atom stereocenters. The Morgan fingerprint density at radius 3 is 2.50 bits per heavy atom. The average Bonchev–Trinajstić information content (AvgIpc) is 3.20. The van der Waals surface area contributed by atoms with Gasteiger partial charge in [0.05, 0.1) is 6.20 Å². The van der Waals surface area contributed by atoms with Crippen molar-refractivity contribution in [3.8, 4) is 0 Å². The van der Waals surface area contributed by atoms with E-state index in [1.807, 2.05) is 0 Å². The second-order valence-electron chi connectivity index (χ2n) is 5.54. The number of piperazine rings is 1. The van der Waals surface area contributed by atoms with E-state index in [4.69, 9.17) is 11.6 Å². The molecule has 1 N–H and O–H groups in total. The Balaban J connectivity index is 1.70. The lowest BCUT2D eigenvalue weighted by Gasteiger charge is -2.33. The lowest BCUT2D eigenvalue weighted by atomic mass is 10.3. The van der Waals surface area contributed by atoms with E-state index in [-0.39, 0.29) is 41.8 Å². The van der Waals surface area contributed by atoms with Crippen molar-refractivity contribution in [3.05, 3.63) is 33.2 Å². The molecule has 0 aromatic carbocycles. The predicted molar refractivity (Wildman–Crippen MR) is 88.1 cm³/mol. The van der Waals surface area contributed by atoms with E-state index in [9.17, 15) is 23.3 Å². The normalized spacial score (nSPS) is 16.0. The first-order chi connectivity index (χ1) is 12.2. The lowest BCUT2D eigenvalue weighted by molar-refractivity contribution is -0.389. The number of aryl methyl sites for hydroxylation is 1. The number of sulfonamides is 1. The summed E-state index contributed by atoms with van der Waals surface area (Å²) in [4.78, 5) is 23.9. The highest BCUT2D eigenvalue weighted by molar-refractivity contribution is 7.89. The summed E-state index contributed by atoms with van der Waals surface area (Å²) in [5.41, 5.74) is -0.262. The first kappa shape index (κ1) is 18.3. The fraction of sp³-hybridized carbons (Fsp3) is 0.417. The van der Waals surface area contributed by atoms with Gasteiger partial charge in [0, 0.05) is 39.4 Å². The monoisotopic (exact) mass is 403 g/mol. The number of hydrogen-bond acceptors (Lipinski definition) is 7.